The van der Waals surface area contributed by atoms with E-state index in [0.717, 1.165) is 18.3 Å². The van der Waals surface area contributed by atoms with Crippen LogP contribution in [0.4, 0.5) is 0 Å². The highest BCUT2D eigenvalue weighted by Gasteiger charge is 2.79. The molecule has 9 rings (SSSR count). The highest BCUT2D eigenvalue weighted by atomic mass is 32.3. The van der Waals surface area contributed by atoms with Gasteiger partial charge in [0.2, 0.25) is 0 Å². The molecule has 1 spiro atoms. The number of hydrogen-bond donors (Lipinski definition) is 10. The van der Waals surface area contributed by atoms with Crippen molar-refractivity contribution >= 4 is 43.1 Å². The molecule has 35 heteroatoms. The summed E-state index contributed by atoms with van der Waals surface area (Å²) in [6.07, 6.45) is -29.3. The van der Waals surface area contributed by atoms with Gasteiger partial charge in [0, 0.05) is 19.4 Å². The zero-order valence-electron chi connectivity index (χ0n) is 52.0. The SMILES string of the molecule is COC1C(O)C(COS(=O)(=O)O)OC(OC2C(O)C(COS(=O)(=O)O)OC(OC3C(C)OC(OC4C(OC5CC[C@]6(C)C7CCC89C(=O)O[C@@](C)(CCC=C(C)C)C8C(OC(C)=O)C[C@@]9(C)C7=CCC6C5(C)C)OCC(OS(=O)(=O)O)C4O)C(O)C3O)C2O)C1O. The highest BCUT2D eigenvalue weighted by Crippen LogP contribution is 2.77. The number of fused-ring (bicyclic) bond motifs is 4. The Bertz CT molecular complexity index is 3050. The number of carbonyl (C=O) groups excluding carboxylic acids is 2. The van der Waals surface area contributed by atoms with Gasteiger partial charge in [-0.3, -0.25) is 23.2 Å². The summed E-state index contributed by atoms with van der Waals surface area (Å²) in [5.41, 5.74) is -1.40. The summed E-state index contributed by atoms with van der Waals surface area (Å²) in [6, 6.07) is 0. The van der Waals surface area contributed by atoms with Crippen LogP contribution in [0.3, 0.4) is 0 Å². The van der Waals surface area contributed by atoms with Gasteiger partial charge in [-0.1, -0.05) is 51.0 Å². The van der Waals surface area contributed by atoms with Crippen LogP contribution >= 0.6 is 0 Å². The van der Waals surface area contributed by atoms with E-state index in [1.165, 1.54) is 13.8 Å². The van der Waals surface area contributed by atoms with Crippen molar-refractivity contribution in [2.75, 3.05) is 26.9 Å². The quantitative estimate of drug-likeness (QED) is 0.0398. The second-order valence-electron chi connectivity index (χ2n) is 27.1. The van der Waals surface area contributed by atoms with Gasteiger partial charge >= 0.3 is 43.1 Å². The first kappa shape index (κ1) is 72.7. The third kappa shape index (κ3) is 14.1. The molecule has 28 atom stereocenters. The molecule has 32 nitrogen and oxygen atoms in total. The molecule has 0 aromatic heterocycles. The smallest absolute Gasteiger partial charge is 0.397 e. The normalized spacial score (nSPS) is 46.6. The molecule has 0 radical (unpaired) electrons. The Labute approximate surface area is 527 Å². The minimum absolute atomic E-state index is 0.0173. The number of rotatable bonds is 21. The van der Waals surface area contributed by atoms with Gasteiger partial charge in [-0.25, -0.2) is 12.5 Å². The van der Waals surface area contributed by atoms with Crippen molar-refractivity contribution in [1.82, 2.24) is 0 Å². The fourth-order valence-electron chi connectivity index (χ4n) is 16.8. The molecular formula is C56H88O32S3. The zero-order chi connectivity index (χ0) is 67.3. The van der Waals surface area contributed by atoms with Crippen LogP contribution in [-0.2, 0) is 105 Å². The lowest BCUT2D eigenvalue weighted by atomic mass is 9.41. The largest absolute Gasteiger partial charge is 0.462 e. The van der Waals surface area contributed by atoms with Crippen molar-refractivity contribution in [2.24, 2.45) is 39.4 Å². The third-order valence-corrected chi connectivity index (χ3v) is 22.3. The fourth-order valence-corrected chi connectivity index (χ4v) is 17.9. The Morgan fingerprint density at radius 2 is 1.24 bits per heavy atom. The highest BCUT2D eigenvalue weighted by molar-refractivity contribution is 7.81. The molecule has 3 saturated carbocycles. The van der Waals surface area contributed by atoms with Crippen molar-refractivity contribution in [1.29, 1.82) is 0 Å². The third-order valence-electron chi connectivity index (χ3n) is 21.0. The van der Waals surface area contributed by atoms with Crippen LogP contribution in [0, 0.1) is 39.4 Å². The minimum atomic E-state index is -5.26. The maximum atomic E-state index is 14.7. The lowest BCUT2D eigenvalue weighted by Gasteiger charge is -2.64. The number of ether oxygens (including phenoxy) is 11. The number of allylic oxidation sites excluding steroid dienone is 4. The maximum absolute atomic E-state index is 14.7. The lowest BCUT2D eigenvalue weighted by Crippen LogP contribution is -2.67. The van der Waals surface area contributed by atoms with E-state index >= 15 is 0 Å². The number of methoxy groups -OCH3 is 1. The molecule has 522 valence electrons. The Balaban J connectivity index is 0.927. The van der Waals surface area contributed by atoms with Gasteiger partial charge in [-0.15, -0.1) is 0 Å². The van der Waals surface area contributed by atoms with E-state index in [1.807, 2.05) is 34.6 Å². The summed E-state index contributed by atoms with van der Waals surface area (Å²) in [6.45, 7) is 14.1. The van der Waals surface area contributed by atoms with Gasteiger partial charge in [0.25, 0.3) is 0 Å². The number of cyclic esters (lactones) is 1. The number of hydrogen-bond acceptors (Lipinski definition) is 29. The molecule has 91 heavy (non-hydrogen) atoms. The molecule has 0 bridgehead atoms. The van der Waals surface area contributed by atoms with Gasteiger partial charge in [-0.05, 0) is 102 Å². The van der Waals surface area contributed by atoms with E-state index in [-0.39, 0.29) is 23.2 Å². The van der Waals surface area contributed by atoms with E-state index in [4.69, 9.17) is 60.8 Å². The number of aliphatic hydroxyl groups excluding tert-OH is 7. The van der Waals surface area contributed by atoms with Crippen LogP contribution in [0.25, 0.3) is 0 Å². The second-order valence-corrected chi connectivity index (χ2v) is 30.3. The standard InChI is InChI=1S/C56H88O32S3/c1-24(2)12-11-17-55(9)46-29(80-26(4)57)20-54(8)28-13-14-33-52(5,6)34(16-18-53(33,7)27(28)15-19-56(46,54)51(65)87-55)83-50-45(37(60)32(21-76-50)88-91(72,73)74)86-47-39(62)38(61)42(25(3)79-47)84-49-41(64)44(36(59)31(82-49)23-78-90(69,70)71)85-48-40(63)43(75-10)35(58)30(81-48)22-77-89(66,67)68/h12-13,25,27,29-50,58-64H,11,14-23H2,1-10H3,(H,66,67,68)(H,69,70,71)(H,72,73,74)/t25?,27?,29?,30?,31?,32?,33?,34?,35?,36?,37?,38?,39?,40?,41?,42?,43?,44?,45?,46?,47?,48?,49?,50?,53-,54+,55+,56?/m1/s1. The van der Waals surface area contributed by atoms with Crippen LogP contribution in [0.2, 0.25) is 0 Å². The van der Waals surface area contributed by atoms with Crippen LogP contribution in [0.1, 0.15) is 114 Å². The average Bonchev–Trinajstić information content (AvgIpc) is 1.52. The first-order valence-electron chi connectivity index (χ1n) is 30.2. The second kappa shape index (κ2) is 26.7. The molecule has 0 aromatic rings. The van der Waals surface area contributed by atoms with E-state index in [0.29, 0.717) is 51.4 Å². The predicted octanol–water partition coefficient (Wildman–Crippen LogP) is -0.365. The topological polar surface area (TPSA) is 468 Å². The summed E-state index contributed by atoms with van der Waals surface area (Å²) in [5, 5.41) is 80.4. The Kier molecular flexibility index (Phi) is 21.3. The zero-order valence-corrected chi connectivity index (χ0v) is 54.4. The molecule has 25 unspecified atom stereocenters. The Morgan fingerprint density at radius 3 is 1.81 bits per heavy atom. The van der Waals surface area contributed by atoms with Crippen molar-refractivity contribution < 1.29 is 149 Å². The van der Waals surface area contributed by atoms with Crippen molar-refractivity contribution in [2.45, 2.75) is 248 Å². The van der Waals surface area contributed by atoms with Gasteiger partial charge in [0.05, 0.1) is 43.4 Å². The predicted molar refractivity (Wildman–Crippen MR) is 303 cm³/mol. The molecule has 5 heterocycles. The molecular weight excluding hydrogens is 1280 g/mol. The van der Waals surface area contributed by atoms with E-state index in [9.17, 15) is 79.7 Å². The first-order valence-corrected chi connectivity index (χ1v) is 34.3. The fraction of sp³-hybridized carbons (Fsp3) is 0.893. The lowest BCUT2D eigenvalue weighted by molar-refractivity contribution is -0.389. The molecule has 10 N–H and O–H groups in total. The van der Waals surface area contributed by atoms with Crippen LogP contribution in [-0.4, -0.2) is 248 Å². The minimum Gasteiger partial charge on any atom is -0.462 e. The van der Waals surface area contributed by atoms with Gasteiger partial charge in [0.1, 0.15) is 97.2 Å². The molecule has 8 fully saturated rings. The molecule has 9 aliphatic rings. The number of esters is 2. The summed E-state index contributed by atoms with van der Waals surface area (Å²) < 4.78 is 178. The van der Waals surface area contributed by atoms with E-state index in [1.54, 1.807) is 0 Å². The van der Waals surface area contributed by atoms with Gasteiger partial charge in [0.15, 0.2) is 25.2 Å². The van der Waals surface area contributed by atoms with E-state index in [2.05, 4.69) is 34.4 Å². The summed E-state index contributed by atoms with van der Waals surface area (Å²) in [5.74, 6) is -1.21. The molecule has 0 amide bonds. The Morgan fingerprint density at radius 1 is 0.670 bits per heavy atom. The van der Waals surface area contributed by atoms with Crippen LogP contribution < -0.4 is 0 Å². The average molecular weight is 1370 g/mol. The summed E-state index contributed by atoms with van der Waals surface area (Å²) in [7, 11) is -14.6. The van der Waals surface area contributed by atoms with Crippen molar-refractivity contribution in [3.8, 4) is 0 Å². The first-order chi connectivity index (χ1) is 42.1. The van der Waals surface area contributed by atoms with Crippen LogP contribution in [0.15, 0.2) is 23.3 Å². The van der Waals surface area contributed by atoms with Gasteiger partial charge in [-0.2, -0.15) is 25.3 Å². The van der Waals surface area contributed by atoms with E-state index < -0.39 is 214 Å². The maximum Gasteiger partial charge on any atom is 0.397 e. The molecule has 0 aromatic carbocycles. The van der Waals surface area contributed by atoms with Crippen molar-refractivity contribution in [3.05, 3.63) is 23.3 Å². The monoisotopic (exact) mass is 1370 g/mol. The molecule has 4 aliphatic carbocycles. The number of carbonyl (C=O) groups is 2. The van der Waals surface area contributed by atoms with Gasteiger partial charge < -0.3 is 87.9 Å². The summed E-state index contributed by atoms with van der Waals surface area (Å²) >= 11 is 0. The molecule has 5 aliphatic heterocycles. The van der Waals surface area contributed by atoms with Crippen LogP contribution in [0.5, 0.6) is 0 Å². The molecule has 5 saturated heterocycles. The summed E-state index contributed by atoms with van der Waals surface area (Å²) in [4.78, 5) is 27.5. The van der Waals surface area contributed by atoms with Crippen molar-refractivity contribution in [3.63, 3.8) is 0 Å². The number of aliphatic hydroxyl groups is 7. The Hall–Kier alpha value is -2.61.